The van der Waals surface area contributed by atoms with Crippen LogP contribution in [0.5, 0.6) is 0 Å². The SMILES string of the molecule is CC(=O)O[C@H]1CC[C@@]2(C)C(=CC[C@H]3[C@@H]4CC[C@H](/C=N/NC(=O)c5ccco5)[C@@]4(C)CC[C@@H]32)C1. The van der Waals surface area contributed by atoms with Crippen LogP contribution in [0.25, 0.3) is 0 Å². The third-order valence-electron chi connectivity index (χ3n) is 9.63. The van der Waals surface area contributed by atoms with Gasteiger partial charge in [-0.1, -0.05) is 25.5 Å². The summed E-state index contributed by atoms with van der Waals surface area (Å²) in [6.07, 6.45) is 15.0. The van der Waals surface area contributed by atoms with E-state index in [2.05, 4.69) is 30.5 Å². The number of rotatable bonds is 4. The molecule has 0 unspecified atom stereocenters. The topological polar surface area (TPSA) is 80.9 Å². The molecule has 1 aromatic heterocycles. The molecule has 5 rings (SSSR count). The Bertz CT molecular complexity index is 967. The Morgan fingerprint density at radius 2 is 2.03 bits per heavy atom. The molecule has 1 N–H and O–H groups in total. The maximum absolute atomic E-state index is 12.1. The van der Waals surface area contributed by atoms with Gasteiger partial charge in [-0.2, -0.15) is 5.10 Å². The van der Waals surface area contributed by atoms with Crippen molar-refractivity contribution in [3.05, 3.63) is 35.8 Å². The van der Waals surface area contributed by atoms with Crippen molar-refractivity contribution >= 4 is 18.1 Å². The van der Waals surface area contributed by atoms with E-state index in [1.165, 1.54) is 38.0 Å². The van der Waals surface area contributed by atoms with Gasteiger partial charge in [0.25, 0.3) is 0 Å². The maximum Gasteiger partial charge on any atom is 0.307 e. The fourth-order valence-corrected chi connectivity index (χ4v) is 7.90. The monoisotopic (exact) mass is 452 g/mol. The van der Waals surface area contributed by atoms with E-state index < -0.39 is 0 Å². The minimum Gasteiger partial charge on any atom is -0.462 e. The number of ether oxygens (including phenoxy) is 1. The van der Waals surface area contributed by atoms with Crippen LogP contribution in [-0.4, -0.2) is 24.2 Å². The van der Waals surface area contributed by atoms with Crippen LogP contribution < -0.4 is 5.43 Å². The summed E-state index contributed by atoms with van der Waals surface area (Å²) in [6, 6.07) is 3.34. The van der Waals surface area contributed by atoms with E-state index in [1.807, 2.05) is 6.21 Å². The minimum absolute atomic E-state index is 0.0516. The van der Waals surface area contributed by atoms with Gasteiger partial charge in [0.1, 0.15) is 6.10 Å². The van der Waals surface area contributed by atoms with E-state index in [1.54, 1.807) is 12.1 Å². The van der Waals surface area contributed by atoms with Gasteiger partial charge in [-0.15, -0.1) is 0 Å². The van der Waals surface area contributed by atoms with Crippen LogP contribution in [0.3, 0.4) is 0 Å². The maximum atomic E-state index is 12.1. The van der Waals surface area contributed by atoms with E-state index >= 15 is 0 Å². The van der Waals surface area contributed by atoms with Crippen LogP contribution in [0.1, 0.15) is 82.7 Å². The van der Waals surface area contributed by atoms with Crippen molar-refractivity contribution in [3.63, 3.8) is 0 Å². The molecule has 1 amide bonds. The standard InChI is InChI=1S/C27H36N2O4/c1-17(30)33-20-10-12-26(2)18(15-20)6-8-21-22-9-7-19(27(22,3)13-11-23(21)26)16-28-29-25(31)24-5-4-14-32-24/h4-6,14,16,19-23H,7-13,15H2,1-3H3,(H,29,31)/b28-16+/t19-,20+,21+,22+,23+,26+,27-/m1/s1. The molecule has 33 heavy (non-hydrogen) atoms. The Morgan fingerprint density at radius 3 is 2.79 bits per heavy atom. The van der Waals surface area contributed by atoms with Crippen LogP contribution in [0.4, 0.5) is 0 Å². The number of carbonyl (C=O) groups is 2. The highest BCUT2D eigenvalue weighted by Gasteiger charge is 2.58. The number of carbonyl (C=O) groups excluding carboxylic acids is 2. The molecular weight excluding hydrogens is 416 g/mol. The van der Waals surface area contributed by atoms with E-state index in [0.717, 1.165) is 32.1 Å². The minimum atomic E-state index is -0.304. The molecular formula is C27H36N2O4. The summed E-state index contributed by atoms with van der Waals surface area (Å²) < 4.78 is 10.7. The van der Waals surface area contributed by atoms with Crippen LogP contribution in [0.15, 0.2) is 39.6 Å². The molecule has 0 aliphatic heterocycles. The van der Waals surface area contributed by atoms with Gasteiger partial charge in [0.15, 0.2) is 5.76 Å². The second-order valence-electron chi connectivity index (χ2n) is 11.2. The first-order valence-electron chi connectivity index (χ1n) is 12.5. The first kappa shape index (κ1) is 22.4. The fourth-order valence-electron chi connectivity index (χ4n) is 7.90. The number of hydrogen-bond acceptors (Lipinski definition) is 5. The zero-order valence-electron chi connectivity index (χ0n) is 20.0. The zero-order valence-corrected chi connectivity index (χ0v) is 20.0. The number of fused-ring (bicyclic) bond motifs is 5. The smallest absolute Gasteiger partial charge is 0.307 e. The summed E-state index contributed by atoms with van der Waals surface area (Å²) in [4.78, 5) is 23.6. The number of furan rings is 1. The van der Waals surface area contributed by atoms with Gasteiger partial charge in [0, 0.05) is 25.5 Å². The lowest BCUT2D eigenvalue weighted by Crippen LogP contribution is -2.50. The molecule has 0 spiro atoms. The summed E-state index contributed by atoms with van der Waals surface area (Å²) in [6.45, 7) is 6.44. The van der Waals surface area contributed by atoms with Crippen LogP contribution in [-0.2, 0) is 9.53 Å². The molecule has 0 aromatic carbocycles. The Labute approximate surface area is 196 Å². The highest BCUT2D eigenvalue weighted by atomic mass is 16.5. The average Bonchev–Trinajstić information content (AvgIpc) is 3.42. The summed E-state index contributed by atoms with van der Waals surface area (Å²) >= 11 is 0. The fraction of sp³-hybridized carbons (Fsp3) is 0.667. The van der Waals surface area contributed by atoms with Gasteiger partial charge in [0.2, 0.25) is 0 Å². The third kappa shape index (κ3) is 3.85. The van der Waals surface area contributed by atoms with Crippen molar-refractivity contribution in [1.82, 2.24) is 5.43 Å². The van der Waals surface area contributed by atoms with Gasteiger partial charge >= 0.3 is 11.9 Å². The van der Waals surface area contributed by atoms with Gasteiger partial charge in [-0.25, -0.2) is 5.43 Å². The predicted molar refractivity (Wildman–Crippen MR) is 125 cm³/mol. The second-order valence-corrected chi connectivity index (χ2v) is 11.2. The van der Waals surface area contributed by atoms with Crippen molar-refractivity contribution in [2.24, 2.45) is 39.6 Å². The number of nitrogens with one attached hydrogen (secondary N) is 1. The largest absolute Gasteiger partial charge is 0.462 e. The number of nitrogens with zero attached hydrogens (tertiary/aromatic N) is 1. The molecule has 4 aliphatic carbocycles. The van der Waals surface area contributed by atoms with Gasteiger partial charge in [0.05, 0.1) is 6.26 Å². The Hall–Kier alpha value is -2.37. The number of hydrogen-bond donors (Lipinski definition) is 1. The van der Waals surface area contributed by atoms with Gasteiger partial charge in [-0.05, 0) is 85.7 Å². The van der Waals surface area contributed by atoms with E-state index in [4.69, 9.17) is 9.15 Å². The lowest BCUT2D eigenvalue weighted by Gasteiger charge is -2.58. The molecule has 1 aromatic rings. The predicted octanol–water partition coefficient (Wildman–Crippen LogP) is 5.51. The van der Waals surface area contributed by atoms with Gasteiger partial charge < -0.3 is 9.15 Å². The highest BCUT2D eigenvalue weighted by Crippen LogP contribution is 2.66. The summed E-state index contributed by atoms with van der Waals surface area (Å²) in [5, 5.41) is 4.32. The van der Waals surface area contributed by atoms with E-state index in [-0.39, 0.29) is 34.6 Å². The number of amides is 1. The lowest BCUT2D eigenvalue weighted by atomic mass is 9.47. The molecule has 3 fully saturated rings. The zero-order chi connectivity index (χ0) is 23.2. The van der Waals surface area contributed by atoms with Crippen molar-refractivity contribution in [2.75, 3.05) is 0 Å². The van der Waals surface area contributed by atoms with Gasteiger partial charge in [-0.3, -0.25) is 9.59 Å². The molecule has 0 bridgehead atoms. The van der Waals surface area contributed by atoms with Crippen molar-refractivity contribution < 1.29 is 18.7 Å². The molecule has 178 valence electrons. The number of hydrazone groups is 1. The van der Waals surface area contributed by atoms with Crippen LogP contribution in [0.2, 0.25) is 0 Å². The Balaban J connectivity index is 1.28. The van der Waals surface area contributed by atoms with Crippen LogP contribution >= 0.6 is 0 Å². The molecule has 1 heterocycles. The molecule has 3 saturated carbocycles. The van der Waals surface area contributed by atoms with Crippen LogP contribution in [0, 0.1) is 34.5 Å². The normalized spacial score (nSPS) is 39.8. The molecule has 0 saturated heterocycles. The van der Waals surface area contributed by atoms with E-state index in [0.29, 0.717) is 23.7 Å². The second kappa shape index (κ2) is 8.44. The first-order valence-corrected chi connectivity index (χ1v) is 12.5. The highest BCUT2D eigenvalue weighted by molar-refractivity contribution is 5.91. The van der Waals surface area contributed by atoms with Crippen molar-refractivity contribution in [2.45, 2.75) is 78.2 Å². The Kier molecular flexibility index (Phi) is 5.74. The molecule has 0 radical (unpaired) electrons. The van der Waals surface area contributed by atoms with Crippen molar-refractivity contribution in [1.29, 1.82) is 0 Å². The molecule has 7 atom stereocenters. The molecule has 6 nitrogen and oxygen atoms in total. The summed E-state index contributed by atoms with van der Waals surface area (Å²) in [5.74, 6) is 2.31. The number of esters is 1. The first-order chi connectivity index (χ1) is 15.8. The average molecular weight is 453 g/mol. The van der Waals surface area contributed by atoms with Crippen molar-refractivity contribution in [3.8, 4) is 0 Å². The number of allylic oxidation sites excluding steroid dienone is 1. The summed E-state index contributed by atoms with van der Waals surface area (Å²) in [7, 11) is 0. The molecule has 6 heteroatoms. The van der Waals surface area contributed by atoms with E-state index in [9.17, 15) is 9.59 Å². The Morgan fingerprint density at radius 1 is 1.18 bits per heavy atom. The third-order valence-corrected chi connectivity index (χ3v) is 9.63. The molecule has 4 aliphatic rings. The lowest BCUT2D eigenvalue weighted by molar-refractivity contribution is -0.148. The quantitative estimate of drug-likeness (QED) is 0.283. The summed E-state index contributed by atoms with van der Waals surface area (Å²) in [5.41, 5.74) is 4.64.